The van der Waals surface area contributed by atoms with E-state index in [9.17, 15) is 9.18 Å². The van der Waals surface area contributed by atoms with Crippen molar-refractivity contribution < 1.29 is 9.13 Å². The number of benzene rings is 1. The summed E-state index contributed by atoms with van der Waals surface area (Å²) >= 11 is 0. The highest BCUT2D eigenvalue weighted by Gasteiger charge is 2.40. The van der Waals surface area contributed by atoms with Gasteiger partial charge in [-0.15, -0.1) is 0 Å². The van der Waals surface area contributed by atoms with Gasteiger partial charge in [-0.25, -0.2) is 9.37 Å². The Bertz CT molecular complexity index is 1320. The highest BCUT2D eigenvalue weighted by Crippen LogP contribution is 2.47. The molecule has 3 aromatic heterocycles. The molecule has 0 aliphatic heterocycles. The molecule has 5 rings (SSSR count). The predicted molar refractivity (Wildman–Crippen MR) is 115 cm³/mol. The molecule has 0 N–H and O–H groups in total. The Balaban J connectivity index is 1.35. The molecular formula is C24H21FN4O2. The first-order valence-corrected chi connectivity index (χ1v) is 10.2. The van der Waals surface area contributed by atoms with E-state index < -0.39 is 11.4 Å². The molecule has 3 heterocycles. The molecule has 0 saturated heterocycles. The van der Waals surface area contributed by atoms with Gasteiger partial charge in [-0.05, 0) is 31.5 Å². The molecule has 4 aromatic rings. The van der Waals surface area contributed by atoms with Crippen LogP contribution in [0.4, 0.5) is 4.39 Å². The molecule has 0 spiro atoms. The number of nitrogens with zero attached hydrogens (tertiary/aromatic N) is 4. The molecule has 0 radical (unpaired) electrons. The van der Waals surface area contributed by atoms with Gasteiger partial charge in [0, 0.05) is 47.9 Å². The summed E-state index contributed by atoms with van der Waals surface area (Å²) in [6.45, 7) is 2.26. The monoisotopic (exact) mass is 416 g/mol. The van der Waals surface area contributed by atoms with Crippen LogP contribution in [0.25, 0.3) is 22.0 Å². The molecule has 1 aliphatic carbocycles. The van der Waals surface area contributed by atoms with Crippen LogP contribution in [0.3, 0.4) is 0 Å². The Morgan fingerprint density at radius 2 is 2.03 bits per heavy atom. The third-order valence-corrected chi connectivity index (χ3v) is 5.68. The third-order valence-electron chi connectivity index (χ3n) is 5.68. The summed E-state index contributed by atoms with van der Waals surface area (Å²) in [5.41, 5.74) is 2.45. The number of rotatable bonds is 5. The fourth-order valence-corrected chi connectivity index (χ4v) is 3.84. The highest BCUT2D eigenvalue weighted by molar-refractivity contribution is 5.78. The summed E-state index contributed by atoms with van der Waals surface area (Å²) in [7, 11) is 1.51. The number of halogens is 1. The average molecular weight is 416 g/mol. The fourth-order valence-electron chi connectivity index (χ4n) is 3.84. The molecule has 0 bridgehead atoms. The second-order valence-corrected chi connectivity index (χ2v) is 7.97. The van der Waals surface area contributed by atoms with E-state index in [2.05, 4.69) is 28.2 Å². The number of aromatic nitrogens is 4. The smallest absolute Gasteiger partial charge is 0.286 e. The summed E-state index contributed by atoms with van der Waals surface area (Å²) in [6, 6.07) is 13.5. The molecule has 31 heavy (non-hydrogen) atoms. The second kappa shape index (κ2) is 7.58. The fraction of sp³-hybridized carbons (Fsp3) is 0.250. The summed E-state index contributed by atoms with van der Waals surface area (Å²) in [4.78, 5) is 25.1. The number of para-hydroxylation sites is 1. The maximum atomic E-state index is 14.0. The standard InChI is InChI=1S/C24H21FN4O2/c1-14-26-11-19(16-10-20(25)24(30)29(2)12-16)23(27-14)31-13-17-9-18(17)22-8-7-15-5-3-4-6-21(15)28-22/h3-8,10-12,17-18H,9,13H2,1-2H3/t17-,18+/m1/s1. The minimum atomic E-state index is -0.823. The number of aryl methyl sites for hydroxylation is 2. The number of ether oxygens (including phenoxy) is 1. The molecule has 2 atom stereocenters. The van der Waals surface area contributed by atoms with Crippen molar-refractivity contribution in [2.45, 2.75) is 19.3 Å². The summed E-state index contributed by atoms with van der Waals surface area (Å²) in [6.07, 6.45) is 4.16. The van der Waals surface area contributed by atoms with Crippen molar-refractivity contribution in [2.75, 3.05) is 6.61 Å². The van der Waals surface area contributed by atoms with Crippen molar-refractivity contribution in [3.63, 3.8) is 0 Å². The number of fused-ring (bicyclic) bond motifs is 1. The van der Waals surface area contributed by atoms with E-state index >= 15 is 0 Å². The van der Waals surface area contributed by atoms with Crippen LogP contribution in [0.15, 0.2) is 59.7 Å². The van der Waals surface area contributed by atoms with Gasteiger partial charge in [-0.1, -0.05) is 24.3 Å². The molecule has 6 nitrogen and oxygen atoms in total. The Kier molecular flexibility index (Phi) is 4.73. The average Bonchev–Trinajstić information content (AvgIpc) is 3.55. The molecule has 1 fully saturated rings. The lowest BCUT2D eigenvalue weighted by atomic mass is 10.1. The minimum Gasteiger partial charge on any atom is -0.477 e. The summed E-state index contributed by atoms with van der Waals surface area (Å²) in [5.74, 6) is 0.825. The van der Waals surface area contributed by atoms with E-state index in [4.69, 9.17) is 9.72 Å². The number of hydrogen-bond donors (Lipinski definition) is 0. The van der Waals surface area contributed by atoms with Crippen molar-refractivity contribution in [1.82, 2.24) is 19.5 Å². The molecule has 1 saturated carbocycles. The molecule has 0 amide bonds. The predicted octanol–water partition coefficient (Wildman–Crippen LogP) is 4.02. The lowest BCUT2D eigenvalue weighted by Gasteiger charge is -2.12. The van der Waals surface area contributed by atoms with Crippen molar-refractivity contribution in [2.24, 2.45) is 13.0 Å². The van der Waals surface area contributed by atoms with Crippen molar-refractivity contribution in [3.8, 4) is 17.0 Å². The Morgan fingerprint density at radius 1 is 1.19 bits per heavy atom. The SMILES string of the molecule is Cc1ncc(-c2cc(F)c(=O)n(C)c2)c(OC[C@H]2C[C@@H]2c2ccc3ccccc3n2)n1. The quantitative estimate of drug-likeness (QED) is 0.491. The van der Waals surface area contributed by atoms with E-state index in [0.717, 1.165) is 23.0 Å². The van der Waals surface area contributed by atoms with Crippen LogP contribution in [0.2, 0.25) is 0 Å². The second-order valence-electron chi connectivity index (χ2n) is 7.97. The van der Waals surface area contributed by atoms with Gasteiger partial charge in [0.1, 0.15) is 5.82 Å². The van der Waals surface area contributed by atoms with Gasteiger partial charge in [0.2, 0.25) is 5.88 Å². The normalized spacial score (nSPS) is 17.6. The molecule has 1 aromatic carbocycles. The Hall–Kier alpha value is -3.61. The number of hydrogen-bond acceptors (Lipinski definition) is 5. The molecular weight excluding hydrogens is 395 g/mol. The lowest BCUT2D eigenvalue weighted by molar-refractivity contribution is 0.285. The highest BCUT2D eigenvalue weighted by atomic mass is 19.1. The first kappa shape index (κ1) is 19.4. The van der Waals surface area contributed by atoms with E-state index in [1.165, 1.54) is 17.7 Å². The van der Waals surface area contributed by atoms with Gasteiger partial charge < -0.3 is 9.30 Å². The van der Waals surface area contributed by atoms with Crippen LogP contribution in [0.1, 0.15) is 23.9 Å². The van der Waals surface area contributed by atoms with Gasteiger partial charge in [0.15, 0.2) is 5.82 Å². The Labute approximate surface area is 178 Å². The zero-order valence-corrected chi connectivity index (χ0v) is 17.2. The maximum Gasteiger partial charge on any atom is 0.286 e. The first-order valence-electron chi connectivity index (χ1n) is 10.2. The lowest BCUT2D eigenvalue weighted by Crippen LogP contribution is -2.19. The van der Waals surface area contributed by atoms with E-state index in [0.29, 0.717) is 41.3 Å². The molecule has 7 heteroatoms. The Morgan fingerprint density at radius 3 is 2.87 bits per heavy atom. The third kappa shape index (κ3) is 3.79. The van der Waals surface area contributed by atoms with E-state index in [-0.39, 0.29) is 0 Å². The molecule has 0 unspecified atom stereocenters. The van der Waals surface area contributed by atoms with Crippen LogP contribution in [0, 0.1) is 18.7 Å². The number of pyridine rings is 2. The van der Waals surface area contributed by atoms with Gasteiger partial charge >= 0.3 is 0 Å². The summed E-state index contributed by atoms with van der Waals surface area (Å²) < 4.78 is 21.3. The van der Waals surface area contributed by atoms with Crippen molar-refractivity contribution in [1.29, 1.82) is 0 Å². The van der Waals surface area contributed by atoms with Gasteiger partial charge in [-0.2, -0.15) is 4.98 Å². The topological polar surface area (TPSA) is 69.9 Å². The van der Waals surface area contributed by atoms with Gasteiger partial charge in [-0.3, -0.25) is 9.78 Å². The van der Waals surface area contributed by atoms with Crippen molar-refractivity contribution >= 4 is 10.9 Å². The van der Waals surface area contributed by atoms with Crippen LogP contribution in [0.5, 0.6) is 5.88 Å². The zero-order chi connectivity index (χ0) is 21.5. The minimum absolute atomic E-state index is 0.341. The van der Waals surface area contributed by atoms with E-state index in [1.54, 1.807) is 19.3 Å². The van der Waals surface area contributed by atoms with Crippen LogP contribution in [-0.2, 0) is 7.05 Å². The first-order chi connectivity index (χ1) is 15.0. The van der Waals surface area contributed by atoms with Crippen LogP contribution >= 0.6 is 0 Å². The maximum absolute atomic E-state index is 14.0. The van der Waals surface area contributed by atoms with Gasteiger partial charge in [0.05, 0.1) is 17.7 Å². The van der Waals surface area contributed by atoms with Crippen molar-refractivity contribution in [3.05, 3.63) is 82.5 Å². The summed E-state index contributed by atoms with van der Waals surface area (Å²) in [5, 5.41) is 1.13. The van der Waals surface area contributed by atoms with Crippen LogP contribution in [-0.4, -0.2) is 26.1 Å². The molecule has 156 valence electrons. The zero-order valence-electron chi connectivity index (χ0n) is 17.2. The largest absolute Gasteiger partial charge is 0.477 e. The van der Waals surface area contributed by atoms with E-state index in [1.807, 2.05) is 18.2 Å². The van der Waals surface area contributed by atoms with Gasteiger partial charge in [0.25, 0.3) is 5.56 Å². The molecule has 1 aliphatic rings. The van der Waals surface area contributed by atoms with Crippen LogP contribution < -0.4 is 10.3 Å².